The van der Waals surface area contributed by atoms with Crippen LogP contribution in [0.4, 0.5) is 0 Å². The number of nitrogens with zero attached hydrogens (tertiary/aromatic N) is 3. The Bertz CT molecular complexity index is 1030. The van der Waals surface area contributed by atoms with Crippen molar-refractivity contribution in [3.63, 3.8) is 0 Å². The molecule has 0 radical (unpaired) electrons. The maximum Gasteiger partial charge on any atom is 0.246 e. The van der Waals surface area contributed by atoms with Crippen LogP contribution in [-0.2, 0) is 16.0 Å². The highest BCUT2D eigenvalue weighted by molar-refractivity contribution is 5.92. The SMILES string of the molecule is COc1ccc(C=CC(=O)N2CCC(C(Cc3ccccc3)N(C)C(=O)CN(C)C)CC2)cc1OC. The van der Waals surface area contributed by atoms with E-state index in [-0.39, 0.29) is 17.9 Å². The van der Waals surface area contributed by atoms with Gasteiger partial charge in [-0.25, -0.2) is 0 Å². The van der Waals surface area contributed by atoms with Gasteiger partial charge in [0.15, 0.2) is 11.5 Å². The zero-order valence-corrected chi connectivity index (χ0v) is 22.1. The number of amides is 2. The second-order valence-electron chi connectivity index (χ2n) is 9.61. The van der Waals surface area contributed by atoms with Crippen LogP contribution in [0.25, 0.3) is 6.08 Å². The van der Waals surface area contributed by atoms with E-state index in [2.05, 4.69) is 12.1 Å². The molecule has 0 N–H and O–H groups in total. The number of rotatable bonds is 10. The maximum absolute atomic E-state index is 12.9. The zero-order chi connectivity index (χ0) is 26.1. The van der Waals surface area contributed by atoms with Crippen molar-refractivity contribution in [2.75, 3.05) is 55.0 Å². The minimum atomic E-state index is -0.000108. The molecule has 0 bridgehead atoms. The average molecular weight is 494 g/mol. The van der Waals surface area contributed by atoms with Crippen molar-refractivity contribution in [1.82, 2.24) is 14.7 Å². The molecule has 1 fully saturated rings. The van der Waals surface area contributed by atoms with Crippen LogP contribution in [0, 0.1) is 5.92 Å². The van der Waals surface area contributed by atoms with Crippen molar-refractivity contribution in [2.24, 2.45) is 5.92 Å². The lowest BCUT2D eigenvalue weighted by Gasteiger charge is -2.40. The van der Waals surface area contributed by atoms with Crippen molar-refractivity contribution in [3.8, 4) is 11.5 Å². The third-order valence-corrected chi connectivity index (χ3v) is 6.85. The smallest absolute Gasteiger partial charge is 0.246 e. The van der Waals surface area contributed by atoms with Gasteiger partial charge in [-0.2, -0.15) is 0 Å². The molecule has 0 spiro atoms. The molecule has 1 saturated heterocycles. The van der Waals surface area contributed by atoms with Crippen LogP contribution >= 0.6 is 0 Å². The van der Waals surface area contributed by atoms with E-state index in [9.17, 15) is 9.59 Å². The third-order valence-electron chi connectivity index (χ3n) is 6.85. The highest BCUT2D eigenvalue weighted by Crippen LogP contribution is 2.29. The minimum absolute atomic E-state index is 0.000108. The first-order valence-electron chi connectivity index (χ1n) is 12.5. The van der Waals surface area contributed by atoms with Crippen molar-refractivity contribution < 1.29 is 19.1 Å². The van der Waals surface area contributed by atoms with Crippen molar-refractivity contribution in [1.29, 1.82) is 0 Å². The Hall–Kier alpha value is -3.32. The van der Waals surface area contributed by atoms with E-state index in [1.807, 2.05) is 78.3 Å². The summed E-state index contributed by atoms with van der Waals surface area (Å²) in [5.41, 5.74) is 2.10. The molecule has 0 aliphatic carbocycles. The summed E-state index contributed by atoms with van der Waals surface area (Å²) in [7, 11) is 8.94. The lowest BCUT2D eigenvalue weighted by Crippen LogP contribution is -2.50. The third kappa shape index (κ3) is 7.34. The Kier molecular flexibility index (Phi) is 9.94. The van der Waals surface area contributed by atoms with E-state index < -0.39 is 0 Å². The van der Waals surface area contributed by atoms with Crippen LogP contribution in [0.1, 0.15) is 24.0 Å². The van der Waals surface area contributed by atoms with E-state index in [0.717, 1.165) is 24.8 Å². The quantitative estimate of drug-likeness (QED) is 0.474. The molecule has 36 heavy (non-hydrogen) atoms. The topological polar surface area (TPSA) is 62.3 Å². The summed E-state index contributed by atoms with van der Waals surface area (Å²) in [5.74, 6) is 1.74. The van der Waals surface area contributed by atoms with Crippen molar-refractivity contribution >= 4 is 17.9 Å². The molecule has 1 aliphatic heterocycles. The molecule has 2 aromatic carbocycles. The van der Waals surface area contributed by atoms with E-state index >= 15 is 0 Å². The Labute approximate surface area is 215 Å². The zero-order valence-electron chi connectivity index (χ0n) is 22.1. The Morgan fingerprint density at radius 1 is 1.00 bits per heavy atom. The number of piperidine rings is 1. The Morgan fingerprint density at radius 2 is 1.67 bits per heavy atom. The van der Waals surface area contributed by atoms with Gasteiger partial charge in [-0.1, -0.05) is 36.4 Å². The van der Waals surface area contributed by atoms with Gasteiger partial charge in [0, 0.05) is 32.3 Å². The lowest BCUT2D eigenvalue weighted by molar-refractivity contribution is -0.135. The van der Waals surface area contributed by atoms with Crippen LogP contribution < -0.4 is 9.47 Å². The molecule has 194 valence electrons. The number of likely N-dealkylation sites (tertiary alicyclic amines) is 1. The molecule has 1 unspecified atom stereocenters. The second-order valence-corrected chi connectivity index (χ2v) is 9.61. The molecular weight excluding hydrogens is 454 g/mol. The van der Waals surface area contributed by atoms with Crippen LogP contribution in [0.5, 0.6) is 11.5 Å². The van der Waals surface area contributed by atoms with E-state index in [4.69, 9.17) is 9.47 Å². The standard InChI is InChI=1S/C29H39N3O4/c1-30(2)21-29(34)31(3)25(19-22-9-7-6-8-10-22)24-15-17-32(18-16-24)28(33)14-12-23-11-13-26(35-4)27(20-23)36-5/h6-14,20,24-25H,15-19,21H2,1-5H3. The summed E-state index contributed by atoms with van der Waals surface area (Å²) in [4.78, 5) is 31.5. The van der Waals surface area contributed by atoms with Gasteiger partial charge in [-0.3, -0.25) is 9.59 Å². The van der Waals surface area contributed by atoms with Crippen molar-refractivity contribution in [2.45, 2.75) is 25.3 Å². The highest BCUT2D eigenvalue weighted by Gasteiger charge is 2.32. The van der Waals surface area contributed by atoms with Gasteiger partial charge in [0.2, 0.25) is 11.8 Å². The van der Waals surface area contributed by atoms with E-state index in [1.54, 1.807) is 20.3 Å². The molecule has 1 atom stereocenters. The summed E-state index contributed by atoms with van der Waals surface area (Å²) < 4.78 is 10.6. The Morgan fingerprint density at radius 3 is 2.28 bits per heavy atom. The number of hydrogen-bond donors (Lipinski definition) is 0. The molecule has 1 heterocycles. The summed E-state index contributed by atoms with van der Waals surface area (Å²) in [6.45, 7) is 1.75. The largest absolute Gasteiger partial charge is 0.493 e. The van der Waals surface area contributed by atoms with Crippen LogP contribution in [0.3, 0.4) is 0 Å². The average Bonchev–Trinajstić information content (AvgIpc) is 2.90. The van der Waals surface area contributed by atoms with Crippen LogP contribution in [0.15, 0.2) is 54.6 Å². The monoisotopic (exact) mass is 493 g/mol. The van der Waals surface area contributed by atoms with Crippen LogP contribution in [0.2, 0.25) is 0 Å². The molecule has 2 aromatic rings. The van der Waals surface area contributed by atoms with Gasteiger partial charge in [0.1, 0.15) is 0 Å². The van der Waals surface area contributed by atoms with Gasteiger partial charge in [0.25, 0.3) is 0 Å². The fourth-order valence-electron chi connectivity index (χ4n) is 4.78. The van der Waals surface area contributed by atoms with Gasteiger partial charge >= 0.3 is 0 Å². The predicted octanol–water partition coefficient (Wildman–Crippen LogP) is 3.59. The molecule has 2 amide bonds. The van der Waals surface area contributed by atoms with Gasteiger partial charge in [-0.15, -0.1) is 0 Å². The van der Waals surface area contributed by atoms with E-state index in [0.29, 0.717) is 37.1 Å². The predicted molar refractivity (Wildman–Crippen MR) is 143 cm³/mol. The fraction of sp³-hybridized carbons (Fsp3) is 0.448. The van der Waals surface area contributed by atoms with Gasteiger partial charge in [0.05, 0.1) is 20.8 Å². The molecule has 7 heteroatoms. The highest BCUT2D eigenvalue weighted by atomic mass is 16.5. The fourth-order valence-corrected chi connectivity index (χ4v) is 4.78. The first-order valence-corrected chi connectivity index (χ1v) is 12.5. The number of carbonyl (C=O) groups excluding carboxylic acids is 2. The Balaban J connectivity index is 1.64. The number of ether oxygens (including phenoxy) is 2. The van der Waals surface area contributed by atoms with Gasteiger partial charge in [-0.05, 0) is 68.6 Å². The number of methoxy groups -OCH3 is 2. The van der Waals surface area contributed by atoms with Gasteiger partial charge < -0.3 is 24.2 Å². The number of likely N-dealkylation sites (N-methyl/N-ethyl adjacent to an activating group) is 2. The summed E-state index contributed by atoms with van der Waals surface area (Å²) in [6.07, 6.45) is 5.98. The number of hydrogen-bond acceptors (Lipinski definition) is 5. The van der Waals surface area contributed by atoms with Crippen LogP contribution in [-0.4, -0.2) is 87.6 Å². The maximum atomic E-state index is 12.9. The number of benzene rings is 2. The first kappa shape index (κ1) is 27.3. The number of carbonyl (C=O) groups is 2. The lowest BCUT2D eigenvalue weighted by atomic mass is 9.85. The molecule has 1 aliphatic rings. The molecule has 3 rings (SSSR count). The molecule has 7 nitrogen and oxygen atoms in total. The molecule has 0 saturated carbocycles. The second kappa shape index (κ2) is 13.1. The van der Waals surface area contributed by atoms with E-state index in [1.165, 1.54) is 5.56 Å². The first-order chi connectivity index (χ1) is 17.3. The molecular formula is C29H39N3O4. The molecule has 0 aromatic heterocycles. The summed E-state index contributed by atoms with van der Waals surface area (Å²) in [6, 6.07) is 16.0. The summed E-state index contributed by atoms with van der Waals surface area (Å²) >= 11 is 0. The van der Waals surface area contributed by atoms with Crippen molar-refractivity contribution in [3.05, 3.63) is 65.7 Å². The summed E-state index contributed by atoms with van der Waals surface area (Å²) in [5, 5.41) is 0. The normalized spacial score (nSPS) is 15.2. The minimum Gasteiger partial charge on any atom is -0.493 e.